The Morgan fingerprint density at radius 3 is 2.63 bits per heavy atom. The van der Waals surface area contributed by atoms with Crippen LogP contribution in [0, 0.1) is 17.0 Å². The number of nitrogens with zero attached hydrogens (tertiary/aromatic N) is 2. The molecule has 0 amide bonds. The highest BCUT2D eigenvalue weighted by atomic mass is 35.5. The molecule has 1 unspecified atom stereocenters. The van der Waals surface area contributed by atoms with Gasteiger partial charge in [0.05, 0.1) is 15.9 Å². The monoisotopic (exact) mass is 431 g/mol. The van der Waals surface area contributed by atoms with Crippen molar-refractivity contribution in [2.24, 2.45) is 0 Å². The first kappa shape index (κ1) is 21.6. The summed E-state index contributed by atoms with van der Waals surface area (Å²) >= 11 is 6.06. The van der Waals surface area contributed by atoms with Gasteiger partial charge in [0, 0.05) is 36.3 Å². The van der Waals surface area contributed by atoms with Crippen LogP contribution in [0.5, 0.6) is 0 Å². The van der Waals surface area contributed by atoms with Crippen LogP contribution in [0.4, 0.5) is 5.69 Å². The standard InChI is InChI=1S/C17H18ClN3O4S.ClH/c1-12-9-15(5-6-16(12)21(22)23)26(24,25)20-8-7-19-11-17(20)13-3-2-4-14(18)10-13;/h2-6,9-10,17,19H,7-8,11H2,1H3;1H. The van der Waals surface area contributed by atoms with Gasteiger partial charge in [-0.15, -0.1) is 12.4 Å². The molecule has 1 fully saturated rings. The number of nitro benzene ring substituents is 1. The van der Waals surface area contributed by atoms with Crippen molar-refractivity contribution >= 4 is 39.7 Å². The van der Waals surface area contributed by atoms with Crippen molar-refractivity contribution in [3.05, 3.63) is 68.7 Å². The van der Waals surface area contributed by atoms with Crippen molar-refractivity contribution in [1.29, 1.82) is 0 Å². The largest absolute Gasteiger partial charge is 0.313 e. The zero-order valence-electron chi connectivity index (χ0n) is 14.5. The number of rotatable bonds is 4. The van der Waals surface area contributed by atoms with Gasteiger partial charge in [0.25, 0.3) is 5.69 Å². The first-order chi connectivity index (χ1) is 12.3. The van der Waals surface area contributed by atoms with Crippen LogP contribution >= 0.6 is 24.0 Å². The van der Waals surface area contributed by atoms with Gasteiger partial charge in [0.1, 0.15) is 0 Å². The number of nitro groups is 1. The Bertz CT molecular complexity index is 953. The molecule has 0 radical (unpaired) electrons. The Morgan fingerprint density at radius 2 is 2.00 bits per heavy atom. The molecule has 0 aromatic heterocycles. The SMILES string of the molecule is Cc1cc(S(=O)(=O)N2CCNCC2c2cccc(Cl)c2)ccc1[N+](=O)[O-].Cl. The lowest BCUT2D eigenvalue weighted by Crippen LogP contribution is -2.48. The van der Waals surface area contributed by atoms with Crippen LogP contribution in [0.15, 0.2) is 47.4 Å². The zero-order valence-corrected chi connectivity index (χ0v) is 16.9. The molecule has 1 atom stereocenters. The number of hydrogen-bond acceptors (Lipinski definition) is 5. The molecule has 146 valence electrons. The van der Waals surface area contributed by atoms with Crippen molar-refractivity contribution in [2.45, 2.75) is 17.9 Å². The summed E-state index contributed by atoms with van der Waals surface area (Å²) in [5, 5.41) is 14.7. The minimum atomic E-state index is -3.81. The van der Waals surface area contributed by atoms with E-state index in [0.717, 1.165) is 5.56 Å². The average Bonchev–Trinajstić information content (AvgIpc) is 2.61. The number of aryl methyl sites for hydroxylation is 1. The normalized spacial score (nSPS) is 17.9. The number of benzene rings is 2. The van der Waals surface area contributed by atoms with E-state index in [-0.39, 0.29) is 23.0 Å². The minimum Gasteiger partial charge on any atom is -0.313 e. The first-order valence-electron chi connectivity index (χ1n) is 8.04. The second-order valence-corrected chi connectivity index (χ2v) is 8.42. The molecule has 7 nitrogen and oxygen atoms in total. The predicted molar refractivity (Wildman–Crippen MR) is 106 cm³/mol. The van der Waals surface area contributed by atoms with Gasteiger partial charge in [-0.3, -0.25) is 10.1 Å². The summed E-state index contributed by atoms with van der Waals surface area (Å²) in [7, 11) is -3.81. The van der Waals surface area contributed by atoms with E-state index in [1.165, 1.54) is 29.4 Å². The second kappa shape index (κ2) is 8.53. The topological polar surface area (TPSA) is 92.6 Å². The van der Waals surface area contributed by atoms with Crippen molar-refractivity contribution < 1.29 is 13.3 Å². The van der Waals surface area contributed by atoms with E-state index in [9.17, 15) is 18.5 Å². The third kappa shape index (κ3) is 4.41. The predicted octanol–water partition coefficient (Wildman–Crippen LogP) is 3.31. The third-order valence-electron chi connectivity index (χ3n) is 4.40. The molecule has 27 heavy (non-hydrogen) atoms. The molecule has 1 aliphatic heterocycles. The molecule has 0 aliphatic carbocycles. The van der Waals surface area contributed by atoms with E-state index >= 15 is 0 Å². The second-order valence-electron chi connectivity index (χ2n) is 6.10. The van der Waals surface area contributed by atoms with E-state index in [1.54, 1.807) is 18.2 Å². The van der Waals surface area contributed by atoms with Gasteiger partial charge in [-0.25, -0.2) is 8.42 Å². The summed E-state index contributed by atoms with van der Waals surface area (Å²) in [6.45, 7) is 2.83. The Labute approximate surface area is 168 Å². The molecule has 2 aromatic rings. The van der Waals surface area contributed by atoms with Crippen molar-refractivity contribution in [3.8, 4) is 0 Å². The maximum absolute atomic E-state index is 13.2. The molecule has 3 rings (SSSR count). The Kier molecular flexibility index (Phi) is 6.82. The van der Waals surface area contributed by atoms with Gasteiger partial charge in [-0.1, -0.05) is 23.7 Å². The van der Waals surface area contributed by atoms with E-state index in [1.807, 2.05) is 6.07 Å². The van der Waals surface area contributed by atoms with Gasteiger partial charge < -0.3 is 5.32 Å². The number of piperazine rings is 1. The van der Waals surface area contributed by atoms with Gasteiger partial charge in [0.15, 0.2) is 0 Å². The van der Waals surface area contributed by atoms with Crippen molar-refractivity contribution in [3.63, 3.8) is 0 Å². The Balaban J connectivity index is 0.00000261. The molecular formula is C17H19Cl2N3O4S. The smallest absolute Gasteiger partial charge is 0.272 e. The molecule has 2 aromatic carbocycles. The maximum Gasteiger partial charge on any atom is 0.272 e. The van der Waals surface area contributed by atoms with Crippen molar-refractivity contribution in [2.75, 3.05) is 19.6 Å². The van der Waals surface area contributed by atoms with Gasteiger partial charge in [-0.2, -0.15) is 4.31 Å². The van der Waals surface area contributed by atoms with Crippen LogP contribution in [0.2, 0.25) is 5.02 Å². The van der Waals surface area contributed by atoms with E-state index in [0.29, 0.717) is 30.2 Å². The van der Waals surface area contributed by atoms with Crippen LogP contribution < -0.4 is 5.32 Å². The van der Waals surface area contributed by atoms with E-state index in [4.69, 9.17) is 11.6 Å². The van der Waals surface area contributed by atoms with Crippen LogP contribution in [0.25, 0.3) is 0 Å². The highest BCUT2D eigenvalue weighted by Gasteiger charge is 2.35. The lowest BCUT2D eigenvalue weighted by Gasteiger charge is -2.35. The van der Waals surface area contributed by atoms with Crippen molar-refractivity contribution in [1.82, 2.24) is 9.62 Å². The van der Waals surface area contributed by atoms with Crippen LogP contribution in [-0.4, -0.2) is 37.3 Å². The third-order valence-corrected chi connectivity index (χ3v) is 6.54. The number of sulfonamides is 1. The van der Waals surface area contributed by atoms with Gasteiger partial charge in [0.2, 0.25) is 10.0 Å². The molecule has 1 N–H and O–H groups in total. The molecule has 10 heteroatoms. The number of nitrogens with one attached hydrogen (secondary N) is 1. The van der Waals surface area contributed by atoms with Gasteiger partial charge >= 0.3 is 0 Å². The molecule has 1 heterocycles. The molecular weight excluding hydrogens is 413 g/mol. The summed E-state index contributed by atoms with van der Waals surface area (Å²) in [4.78, 5) is 10.5. The molecule has 0 spiro atoms. The Morgan fingerprint density at radius 1 is 1.26 bits per heavy atom. The molecule has 0 bridgehead atoms. The summed E-state index contributed by atoms with van der Waals surface area (Å²) in [6, 6.07) is 10.6. The fourth-order valence-corrected chi connectivity index (χ4v) is 5.00. The van der Waals surface area contributed by atoms with E-state index < -0.39 is 21.0 Å². The lowest BCUT2D eigenvalue weighted by atomic mass is 10.1. The highest BCUT2D eigenvalue weighted by molar-refractivity contribution is 7.89. The summed E-state index contributed by atoms with van der Waals surface area (Å²) in [5.74, 6) is 0. The maximum atomic E-state index is 13.2. The number of hydrogen-bond donors (Lipinski definition) is 1. The van der Waals surface area contributed by atoms with Gasteiger partial charge in [-0.05, 0) is 36.8 Å². The average molecular weight is 432 g/mol. The quantitative estimate of drug-likeness (QED) is 0.591. The lowest BCUT2D eigenvalue weighted by molar-refractivity contribution is -0.385. The van der Waals surface area contributed by atoms with Crippen LogP contribution in [0.3, 0.4) is 0 Å². The van der Waals surface area contributed by atoms with Crippen LogP contribution in [-0.2, 0) is 10.0 Å². The fraction of sp³-hybridized carbons (Fsp3) is 0.294. The van der Waals surface area contributed by atoms with E-state index in [2.05, 4.69) is 5.32 Å². The minimum absolute atomic E-state index is 0. The highest BCUT2D eigenvalue weighted by Crippen LogP contribution is 2.31. The fourth-order valence-electron chi connectivity index (χ4n) is 3.10. The number of halogens is 2. The first-order valence-corrected chi connectivity index (χ1v) is 9.85. The summed E-state index contributed by atoms with van der Waals surface area (Å²) < 4.78 is 27.8. The van der Waals surface area contributed by atoms with Crippen LogP contribution in [0.1, 0.15) is 17.2 Å². The molecule has 0 saturated carbocycles. The summed E-state index contributed by atoms with van der Waals surface area (Å²) in [6.07, 6.45) is 0. The molecule has 1 saturated heterocycles. The summed E-state index contributed by atoms with van der Waals surface area (Å²) in [5.41, 5.74) is 1.01. The zero-order chi connectivity index (χ0) is 18.9. The Hall–Kier alpha value is -1.71. The molecule has 1 aliphatic rings.